The molecule has 2 aromatic heterocycles. The van der Waals surface area contributed by atoms with Crippen LogP contribution in [-0.4, -0.2) is 51.4 Å². The first kappa shape index (κ1) is 17.8. The van der Waals surface area contributed by atoms with E-state index in [4.69, 9.17) is 11.5 Å². The number of amides is 1. The van der Waals surface area contributed by atoms with Gasteiger partial charge in [0.15, 0.2) is 11.1 Å². The smallest absolute Gasteiger partial charge is 0.276 e. The van der Waals surface area contributed by atoms with E-state index in [2.05, 4.69) is 20.3 Å². The maximum atomic E-state index is 13.1. The van der Waals surface area contributed by atoms with E-state index in [-0.39, 0.29) is 52.2 Å². The number of hydrogen-bond donors (Lipinski definition) is 3. The topological polar surface area (TPSA) is 119 Å². The van der Waals surface area contributed by atoms with Crippen LogP contribution in [0.5, 0.6) is 0 Å². The zero-order valence-corrected chi connectivity index (χ0v) is 15.5. The van der Waals surface area contributed by atoms with E-state index in [0.717, 1.165) is 16.0 Å². The van der Waals surface area contributed by atoms with Crippen LogP contribution in [0.3, 0.4) is 0 Å². The Kier molecular flexibility index (Phi) is 5.65. The van der Waals surface area contributed by atoms with Crippen LogP contribution in [0.1, 0.15) is 10.5 Å². The van der Waals surface area contributed by atoms with E-state index in [9.17, 15) is 9.18 Å². The SMILES string of the molecule is NC(N)=Nc1nc(C(=O)Nc2nc3cc(F)ccc3s2)cs1.[Na]. The number of hydrogen-bond acceptors (Lipinski definition) is 6. The number of halogens is 1. The molecule has 0 atom stereocenters. The van der Waals surface area contributed by atoms with Gasteiger partial charge in [-0.3, -0.25) is 10.1 Å². The van der Waals surface area contributed by atoms with Gasteiger partial charge in [0.1, 0.15) is 11.5 Å². The van der Waals surface area contributed by atoms with Crippen LogP contribution in [0.2, 0.25) is 0 Å². The predicted octanol–water partition coefficient (Wildman–Crippen LogP) is 1.67. The van der Waals surface area contributed by atoms with Crippen molar-refractivity contribution in [3.8, 4) is 0 Å². The normalized spacial score (nSPS) is 10.1. The molecule has 1 aromatic carbocycles. The van der Waals surface area contributed by atoms with Crippen LogP contribution in [0.25, 0.3) is 10.2 Å². The van der Waals surface area contributed by atoms with Crippen molar-refractivity contribution in [3.63, 3.8) is 0 Å². The van der Waals surface area contributed by atoms with Crippen LogP contribution in [0.4, 0.5) is 14.7 Å². The zero-order valence-electron chi connectivity index (χ0n) is 11.9. The molecule has 1 radical (unpaired) electrons. The van der Waals surface area contributed by atoms with Gasteiger partial charge in [0.2, 0.25) is 5.13 Å². The molecule has 0 saturated heterocycles. The van der Waals surface area contributed by atoms with Crippen LogP contribution >= 0.6 is 22.7 Å². The average Bonchev–Trinajstić information content (AvgIpc) is 3.03. The number of rotatable bonds is 3. The summed E-state index contributed by atoms with van der Waals surface area (Å²) in [6.07, 6.45) is 0. The van der Waals surface area contributed by atoms with Crippen molar-refractivity contribution in [2.75, 3.05) is 5.32 Å². The number of aliphatic imine (C=N–C) groups is 1. The molecule has 5 N–H and O–H groups in total. The van der Waals surface area contributed by atoms with Crippen LogP contribution < -0.4 is 16.8 Å². The molecule has 0 bridgehead atoms. The van der Waals surface area contributed by atoms with Gasteiger partial charge in [-0.05, 0) is 12.1 Å². The Balaban J connectivity index is 0.00000192. The second kappa shape index (κ2) is 7.32. The maximum Gasteiger partial charge on any atom is 0.276 e. The predicted molar refractivity (Wildman–Crippen MR) is 90.9 cm³/mol. The van der Waals surface area contributed by atoms with Gasteiger partial charge in [-0.25, -0.2) is 14.4 Å². The monoisotopic (exact) mass is 359 g/mol. The molecule has 3 aromatic rings. The van der Waals surface area contributed by atoms with E-state index in [0.29, 0.717) is 10.6 Å². The number of benzene rings is 1. The van der Waals surface area contributed by atoms with Gasteiger partial charge in [0.05, 0.1) is 10.2 Å². The summed E-state index contributed by atoms with van der Waals surface area (Å²) in [5.41, 5.74) is 11.1. The molecule has 11 heteroatoms. The summed E-state index contributed by atoms with van der Waals surface area (Å²) in [7, 11) is 0. The van der Waals surface area contributed by atoms with E-state index in [1.807, 2.05) is 0 Å². The number of nitrogens with one attached hydrogen (secondary N) is 1. The van der Waals surface area contributed by atoms with Crippen LogP contribution in [0, 0.1) is 5.82 Å². The molecule has 2 heterocycles. The Morgan fingerprint density at radius 1 is 1.30 bits per heavy atom. The van der Waals surface area contributed by atoms with Crippen molar-refractivity contribution in [2.45, 2.75) is 0 Å². The Bertz CT molecular complexity index is 889. The molecular formula is C12H9FN6NaOS2. The van der Waals surface area contributed by atoms with Gasteiger partial charge in [-0.2, -0.15) is 4.99 Å². The third-order valence-electron chi connectivity index (χ3n) is 2.52. The summed E-state index contributed by atoms with van der Waals surface area (Å²) >= 11 is 2.38. The maximum absolute atomic E-state index is 13.1. The van der Waals surface area contributed by atoms with Crippen molar-refractivity contribution in [2.24, 2.45) is 16.5 Å². The zero-order chi connectivity index (χ0) is 15.7. The number of aromatic nitrogens is 2. The summed E-state index contributed by atoms with van der Waals surface area (Å²) in [5, 5.41) is 4.80. The first-order chi connectivity index (χ1) is 10.5. The molecule has 1 amide bonds. The van der Waals surface area contributed by atoms with E-state index in [1.165, 1.54) is 28.8 Å². The average molecular weight is 359 g/mol. The number of nitrogens with zero attached hydrogens (tertiary/aromatic N) is 3. The summed E-state index contributed by atoms with van der Waals surface area (Å²) in [6, 6.07) is 4.26. The Hall–Kier alpha value is -1.59. The van der Waals surface area contributed by atoms with E-state index >= 15 is 0 Å². The van der Waals surface area contributed by atoms with Crippen molar-refractivity contribution in [1.82, 2.24) is 9.97 Å². The minimum Gasteiger partial charge on any atom is -0.370 e. The van der Waals surface area contributed by atoms with Crippen molar-refractivity contribution in [3.05, 3.63) is 35.1 Å². The van der Waals surface area contributed by atoms with Crippen molar-refractivity contribution >= 4 is 84.6 Å². The van der Waals surface area contributed by atoms with Gasteiger partial charge in [-0.1, -0.05) is 11.3 Å². The molecule has 0 spiro atoms. The molecule has 113 valence electrons. The summed E-state index contributed by atoms with van der Waals surface area (Å²) in [4.78, 5) is 24.0. The number of guanidine groups is 1. The number of thiazole rings is 2. The molecule has 0 fully saturated rings. The minimum atomic E-state index is -0.437. The number of carbonyl (C=O) groups excluding carboxylic acids is 1. The largest absolute Gasteiger partial charge is 0.370 e. The fourth-order valence-corrected chi connectivity index (χ4v) is 3.17. The van der Waals surface area contributed by atoms with Crippen molar-refractivity contribution < 1.29 is 9.18 Å². The van der Waals surface area contributed by atoms with E-state index < -0.39 is 5.91 Å². The first-order valence-corrected chi connectivity index (χ1v) is 7.63. The first-order valence-electron chi connectivity index (χ1n) is 5.94. The molecule has 0 unspecified atom stereocenters. The quantitative estimate of drug-likeness (QED) is 0.373. The molecule has 0 saturated carbocycles. The second-order valence-corrected chi connectivity index (χ2v) is 6.00. The fraction of sp³-hybridized carbons (Fsp3) is 0. The standard InChI is InChI=1S/C12H9FN6OS2.Na/c13-5-1-2-8-6(3-5)16-12(22-8)18-9(20)7-4-21-11(17-7)19-10(14)15;/h1-4H,(H,16,18,20)(H4,14,15,17,19);. The Morgan fingerprint density at radius 2 is 2.09 bits per heavy atom. The van der Waals surface area contributed by atoms with Gasteiger partial charge in [-0.15, -0.1) is 11.3 Å². The summed E-state index contributed by atoms with van der Waals surface area (Å²) < 4.78 is 13.9. The molecule has 7 nitrogen and oxygen atoms in total. The number of nitrogens with two attached hydrogens (primary N) is 2. The molecular weight excluding hydrogens is 350 g/mol. The van der Waals surface area contributed by atoms with Crippen LogP contribution in [-0.2, 0) is 0 Å². The van der Waals surface area contributed by atoms with Crippen LogP contribution in [0.15, 0.2) is 28.6 Å². The van der Waals surface area contributed by atoms with Gasteiger partial charge in [0.25, 0.3) is 5.91 Å². The second-order valence-electron chi connectivity index (χ2n) is 4.14. The molecule has 0 aliphatic rings. The summed E-state index contributed by atoms with van der Waals surface area (Å²) in [5.74, 6) is -0.945. The summed E-state index contributed by atoms with van der Waals surface area (Å²) in [6.45, 7) is 0. The Morgan fingerprint density at radius 3 is 2.83 bits per heavy atom. The van der Waals surface area contributed by atoms with Gasteiger partial charge in [0, 0.05) is 41.0 Å². The molecule has 3 rings (SSSR count). The fourth-order valence-electron chi connectivity index (χ4n) is 1.65. The van der Waals surface area contributed by atoms with Gasteiger partial charge >= 0.3 is 0 Å². The Labute approximate surface area is 159 Å². The van der Waals surface area contributed by atoms with Crippen molar-refractivity contribution in [1.29, 1.82) is 0 Å². The van der Waals surface area contributed by atoms with E-state index in [1.54, 1.807) is 6.07 Å². The number of fused-ring (bicyclic) bond motifs is 1. The minimum absolute atomic E-state index is 0. The molecule has 0 aliphatic carbocycles. The third kappa shape index (κ3) is 4.24. The molecule has 0 aliphatic heterocycles. The number of anilines is 1. The third-order valence-corrected chi connectivity index (χ3v) is 4.21. The van der Waals surface area contributed by atoms with Gasteiger partial charge < -0.3 is 11.5 Å². The number of carbonyl (C=O) groups is 1. The molecule has 23 heavy (non-hydrogen) atoms.